The van der Waals surface area contributed by atoms with E-state index in [1.807, 2.05) is 6.92 Å². The van der Waals surface area contributed by atoms with Crippen LogP contribution >= 0.6 is 0 Å². The lowest BCUT2D eigenvalue weighted by Gasteiger charge is -2.31. The molecule has 0 amide bonds. The van der Waals surface area contributed by atoms with E-state index in [4.69, 9.17) is 4.52 Å². The fraction of sp³-hybridized carbons (Fsp3) is 0.571. The third kappa shape index (κ3) is 2.42. The Balaban J connectivity index is 1.68. The molecule has 0 saturated heterocycles. The van der Waals surface area contributed by atoms with E-state index in [9.17, 15) is 0 Å². The van der Waals surface area contributed by atoms with Crippen LogP contribution in [0.25, 0.3) is 0 Å². The van der Waals surface area contributed by atoms with Gasteiger partial charge in [0.15, 0.2) is 0 Å². The molecular weight excluding hydrogens is 240 g/mol. The van der Waals surface area contributed by atoms with Crippen LogP contribution in [0, 0.1) is 13.8 Å². The minimum Gasteiger partial charge on any atom is -0.364 e. The van der Waals surface area contributed by atoms with Crippen molar-refractivity contribution in [3.63, 3.8) is 0 Å². The average Bonchev–Trinajstić information content (AvgIpc) is 2.95. The zero-order valence-electron chi connectivity index (χ0n) is 11.8. The van der Waals surface area contributed by atoms with Crippen molar-refractivity contribution in [3.8, 4) is 0 Å². The fourth-order valence-electron chi connectivity index (χ4n) is 2.76. The molecule has 3 heterocycles. The van der Waals surface area contributed by atoms with Crippen LogP contribution in [0.1, 0.15) is 29.6 Å². The van der Waals surface area contributed by atoms with Gasteiger partial charge in [-0.3, -0.25) is 9.58 Å². The summed E-state index contributed by atoms with van der Waals surface area (Å²) in [5, 5.41) is 8.57. The second-order valence-corrected chi connectivity index (χ2v) is 5.47. The van der Waals surface area contributed by atoms with Crippen LogP contribution in [0.2, 0.25) is 0 Å². The van der Waals surface area contributed by atoms with E-state index >= 15 is 0 Å². The Kier molecular flexibility index (Phi) is 3.14. The van der Waals surface area contributed by atoms with Gasteiger partial charge in [-0.15, -0.1) is 0 Å². The smallest absolute Gasteiger partial charge is 0.128 e. The largest absolute Gasteiger partial charge is 0.364 e. The average molecular weight is 260 g/mol. The van der Waals surface area contributed by atoms with E-state index in [1.54, 1.807) is 6.26 Å². The van der Waals surface area contributed by atoms with Crippen LogP contribution < -0.4 is 0 Å². The van der Waals surface area contributed by atoms with Gasteiger partial charge in [-0.05, 0) is 26.8 Å². The number of hydrogen-bond donors (Lipinski definition) is 0. The molecule has 2 aromatic heterocycles. The first-order valence-corrected chi connectivity index (χ1v) is 6.80. The molecule has 0 aliphatic carbocycles. The third-order valence-electron chi connectivity index (χ3n) is 3.90. The van der Waals surface area contributed by atoms with Crippen LogP contribution in [-0.2, 0) is 19.5 Å². The second kappa shape index (κ2) is 4.81. The Labute approximate surface area is 113 Å². The van der Waals surface area contributed by atoms with Gasteiger partial charge >= 0.3 is 0 Å². The van der Waals surface area contributed by atoms with Gasteiger partial charge < -0.3 is 4.52 Å². The van der Waals surface area contributed by atoms with Gasteiger partial charge in [-0.1, -0.05) is 5.16 Å². The quantitative estimate of drug-likeness (QED) is 0.846. The lowest BCUT2D eigenvalue weighted by molar-refractivity contribution is 0.169. The Morgan fingerprint density at radius 1 is 1.42 bits per heavy atom. The van der Waals surface area contributed by atoms with E-state index in [0.29, 0.717) is 6.04 Å². The highest BCUT2D eigenvalue weighted by molar-refractivity contribution is 5.17. The maximum absolute atomic E-state index is 5.04. The predicted octanol–water partition coefficient (Wildman–Crippen LogP) is 1.93. The summed E-state index contributed by atoms with van der Waals surface area (Å²) < 4.78 is 7.14. The Morgan fingerprint density at radius 3 is 3.00 bits per heavy atom. The highest BCUT2D eigenvalue weighted by Crippen LogP contribution is 2.20. The third-order valence-corrected chi connectivity index (χ3v) is 3.90. The Morgan fingerprint density at radius 2 is 2.26 bits per heavy atom. The standard InChI is InChI=1S/C14H20N4O/c1-10-6-11(2)18(15-10)7-12(3)17-5-4-14-13(8-17)9-19-16-14/h6,9,12H,4-5,7-8H2,1-3H3. The van der Waals surface area contributed by atoms with Gasteiger partial charge in [0.1, 0.15) is 6.26 Å². The first kappa shape index (κ1) is 12.4. The molecule has 0 saturated carbocycles. The van der Waals surface area contributed by atoms with Crippen LogP contribution in [-0.4, -0.2) is 32.4 Å². The lowest BCUT2D eigenvalue weighted by Crippen LogP contribution is -2.40. The normalized spacial score (nSPS) is 17.4. The van der Waals surface area contributed by atoms with Gasteiger partial charge in [-0.25, -0.2) is 0 Å². The maximum Gasteiger partial charge on any atom is 0.128 e. The summed E-state index contributed by atoms with van der Waals surface area (Å²) in [6, 6.07) is 2.59. The van der Waals surface area contributed by atoms with Crippen LogP contribution in [0.15, 0.2) is 16.9 Å². The minimum atomic E-state index is 0.459. The zero-order chi connectivity index (χ0) is 13.4. The van der Waals surface area contributed by atoms with Crippen molar-refractivity contribution in [3.05, 3.63) is 35.0 Å². The molecular formula is C14H20N4O. The summed E-state index contributed by atoms with van der Waals surface area (Å²) in [5.74, 6) is 0. The highest BCUT2D eigenvalue weighted by atomic mass is 16.5. The molecule has 0 spiro atoms. The van der Waals surface area contributed by atoms with Gasteiger partial charge in [0, 0.05) is 36.8 Å². The molecule has 0 N–H and O–H groups in total. The van der Waals surface area contributed by atoms with Gasteiger partial charge in [-0.2, -0.15) is 5.10 Å². The van der Waals surface area contributed by atoms with Gasteiger partial charge in [0.2, 0.25) is 0 Å². The number of aryl methyl sites for hydroxylation is 2. The van der Waals surface area contributed by atoms with E-state index in [0.717, 1.165) is 37.4 Å². The van der Waals surface area contributed by atoms with Crippen molar-refractivity contribution in [1.29, 1.82) is 0 Å². The topological polar surface area (TPSA) is 47.1 Å². The van der Waals surface area contributed by atoms with Crippen molar-refractivity contribution in [2.24, 2.45) is 0 Å². The zero-order valence-corrected chi connectivity index (χ0v) is 11.8. The summed E-state index contributed by atoms with van der Waals surface area (Å²) in [6.07, 6.45) is 2.75. The number of hydrogen-bond acceptors (Lipinski definition) is 4. The Hall–Kier alpha value is -1.62. The lowest BCUT2D eigenvalue weighted by atomic mass is 10.1. The van der Waals surface area contributed by atoms with Crippen molar-refractivity contribution < 1.29 is 4.52 Å². The summed E-state index contributed by atoms with van der Waals surface area (Å²) >= 11 is 0. The molecule has 0 fully saturated rings. The summed E-state index contributed by atoms with van der Waals surface area (Å²) in [7, 11) is 0. The van der Waals surface area contributed by atoms with Crippen molar-refractivity contribution in [2.45, 2.75) is 46.3 Å². The summed E-state index contributed by atoms with van der Waals surface area (Å²) in [4.78, 5) is 2.47. The van der Waals surface area contributed by atoms with Crippen molar-refractivity contribution in [2.75, 3.05) is 6.54 Å². The first-order valence-electron chi connectivity index (χ1n) is 6.80. The minimum absolute atomic E-state index is 0.459. The predicted molar refractivity (Wildman–Crippen MR) is 71.8 cm³/mol. The highest BCUT2D eigenvalue weighted by Gasteiger charge is 2.23. The molecule has 0 radical (unpaired) electrons. The molecule has 1 atom stereocenters. The SMILES string of the molecule is Cc1cc(C)n(CC(C)N2CCc3nocc3C2)n1. The molecule has 5 heteroatoms. The molecule has 1 unspecified atom stereocenters. The summed E-state index contributed by atoms with van der Waals surface area (Å²) in [6.45, 7) is 9.31. The summed E-state index contributed by atoms with van der Waals surface area (Å²) in [5.41, 5.74) is 4.66. The van der Waals surface area contributed by atoms with Crippen LogP contribution in [0.3, 0.4) is 0 Å². The number of aromatic nitrogens is 3. The fourth-order valence-corrected chi connectivity index (χ4v) is 2.76. The number of rotatable bonds is 3. The molecule has 0 bridgehead atoms. The maximum atomic E-state index is 5.04. The first-order chi connectivity index (χ1) is 9.13. The Bertz CT molecular complexity index is 572. The van der Waals surface area contributed by atoms with Crippen LogP contribution in [0.5, 0.6) is 0 Å². The molecule has 19 heavy (non-hydrogen) atoms. The molecule has 5 nitrogen and oxygen atoms in total. The van der Waals surface area contributed by atoms with E-state index in [-0.39, 0.29) is 0 Å². The van der Waals surface area contributed by atoms with Gasteiger partial charge in [0.25, 0.3) is 0 Å². The molecule has 3 rings (SSSR count). The van der Waals surface area contributed by atoms with E-state index in [1.165, 1.54) is 11.3 Å². The van der Waals surface area contributed by atoms with Crippen molar-refractivity contribution in [1.82, 2.24) is 19.8 Å². The molecule has 102 valence electrons. The monoisotopic (exact) mass is 260 g/mol. The van der Waals surface area contributed by atoms with Crippen molar-refractivity contribution >= 4 is 0 Å². The molecule has 1 aliphatic heterocycles. The number of fused-ring (bicyclic) bond motifs is 1. The second-order valence-electron chi connectivity index (χ2n) is 5.47. The van der Waals surface area contributed by atoms with Gasteiger partial charge in [0.05, 0.1) is 17.9 Å². The molecule has 2 aromatic rings. The van der Waals surface area contributed by atoms with Crippen LogP contribution in [0.4, 0.5) is 0 Å². The van der Waals surface area contributed by atoms with E-state index < -0.39 is 0 Å². The van der Waals surface area contributed by atoms with E-state index in [2.05, 4.69) is 39.8 Å². The molecule has 0 aromatic carbocycles. The molecule has 1 aliphatic rings. The number of nitrogens with zero attached hydrogens (tertiary/aromatic N) is 4.